The van der Waals surface area contributed by atoms with Gasteiger partial charge in [-0.1, -0.05) is 19.4 Å². The van der Waals surface area contributed by atoms with Gasteiger partial charge in [-0.15, -0.1) is 0 Å². The minimum atomic E-state index is -0.486. The van der Waals surface area contributed by atoms with Crippen molar-refractivity contribution in [2.24, 2.45) is 0 Å². The molecule has 29 heavy (non-hydrogen) atoms. The Kier molecular flexibility index (Phi) is 7.64. The molecule has 154 valence electrons. The Balaban J connectivity index is 1.52. The van der Waals surface area contributed by atoms with E-state index in [4.69, 9.17) is 18.9 Å². The highest BCUT2D eigenvalue weighted by molar-refractivity contribution is 5.92. The largest absolute Gasteiger partial charge is 0.494 e. The smallest absolute Gasteiger partial charge is 0.343 e. The zero-order valence-electron chi connectivity index (χ0n) is 16.6. The van der Waals surface area contributed by atoms with E-state index in [1.165, 1.54) is 0 Å². The van der Waals surface area contributed by atoms with Crippen molar-refractivity contribution in [2.75, 3.05) is 19.8 Å². The van der Waals surface area contributed by atoms with E-state index in [0.717, 1.165) is 32.3 Å². The summed E-state index contributed by atoms with van der Waals surface area (Å²) in [4.78, 5) is 24.5. The van der Waals surface area contributed by atoms with Crippen LogP contribution in [0.5, 0.6) is 11.5 Å². The van der Waals surface area contributed by atoms with Crippen LogP contribution in [-0.2, 0) is 9.47 Å². The standard InChI is InChI=1S/C23H26O6/c1-2-3-13-26-20-7-4-6-18(15-20)23(25)29-19-11-9-17(10-12-19)22(24)28-16-21-8-5-14-27-21/h4,6-7,9-12,15,21H,2-3,5,8,13-14,16H2,1H3. The summed E-state index contributed by atoms with van der Waals surface area (Å²) in [5.41, 5.74) is 0.799. The van der Waals surface area contributed by atoms with Crippen molar-refractivity contribution in [1.82, 2.24) is 0 Å². The number of unbranched alkanes of at least 4 members (excludes halogenated alkanes) is 1. The fourth-order valence-corrected chi connectivity index (χ4v) is 2.90. The molecule has 1 heterocycles. The summed E-state index contributed by atoms with van der Waals surface area (Å²) in [6, 6.07) is 13.2. The Bertz CT molecular complexity index is 808. The number of esters is 2. The van der Waals surface area contributed by atoms with Crippen molar-refractivity contribution < 1.29 is 28.5 Å². The fraction of sp³-hybridized carbons (Fsp3) is 0.391. The molecular formula is C23H26O6. The average molecular weight is 398 g/mol. The van der Waals surface area contributed by atoms with Gasteiger partial charge in [0.25, 0.3) is 0 Å². The highest BCUT2D eigenvalue weighted by atomic mass is 16.6. The van der Waals surface area contributed by atoms with Gasteiger partial charge in [-0.2, -0.15) is 0 Å². The van der Waals surface area contributed by atoms with E-state index in [9.17, 15) is 9.59 Å². The lowest BCUT2D eigenvalue weighted by molar-refractivity contribution is 0.0161. The molecule has 6 nitrogen and oxygen atoms in total. The van der Waals surface area contributed by atoms with Crippen LogP contribution in [0.4, 0.5) is 0 Å². The van der Waals surface area contributed by atoms with Crippen molar-refractivity contribution in [1.29, 1.82) is 0 Å². The van der Waals surface area contributed by atoms with Crippen molar-refractivity contribution >= 4 is 11.9 Å². The van der Waals surface area contributed by atoms with Gasteiger partial charge in [-0.3, -0.25) is 0 Å². The maximum atomic E-state index is 12.4. The lowest BCUT2D eigenvalue weighted by Crippen LogP contribution is -2.17. The molecule has 0 spiro atoms. The molecule has 0 N–H and O–H groups in total. The van der Waals surface area contributed by atoms with Crippen LogP contribution in [0.2, 0.25) is 0 Å². The summed E-state index contributed by atoms with van der Waals surface area (Å²) in [5.74, 6) is 0.0789. The third-order valence-corrected chi connectivity index (χ3v) is 4.56. The number of hydrogen-bond acceptors (Lipinski definition) is 6. The van der Waals surface area contributed by atoms with Gasteiger partial charge in [-0.25, -0.2) is 9.59 Å². The van der Waals surface area contributed by atoms with E-state index in [-0.39, 0.29) is 12.7 Å². The molecule has 1 aliphatic rings. The van der Waals surface area contributed by atoms with E-state index in [0.29, 0.717) is 29.2 Å². The zero-order valence-corrected chi connectivity index (χ0v) is 16.6. The molecule has 0 bridgehead atoms. The van der Waals surface area contributed by atoms with E-state index in [1.807, 2.05) is 6.07 Å². The second-order valence-corrected chi connectivity index (χ2v) is 6.88. The predicted molar refractivity (Wildman–Crippen MR) is 108 cm³/mol. The molecule has 1 saturated heterocycles. The zero-order chi connectivity index (χ0) is 20.5. The monoisotopic (exact) mass is 398 g/mol. The molecule has 2 aromatic carbocycles. The molecular weight excluding hydrogens is 372 g/mol. The Morgan fingerprint density at radius 3 is 2.59 bits per heavy atom. The van der Waals surface area contributed by atoms with Gasteiger partial charge in [0.2, 0.25) is 0 Å². The molecule has 1 aliphatic heterocycles. The summed E-state index contributed by atoms with van der Waals surface area (Å²) in [6.07, 6.45) is 3.89. The first kappa shape index (κ1) is 20.9. The van der Waals surface area contributed by atoms with E-state index < -0.39 is 11.9 Å². The Morgan fingerprint density at radius 1 is 1.03 bits per heavy atom. The normalized spacial score (nSPS) is 15.7. The SMILES string of the molecule is CCCCOc1cccc(C(=O)Oc2ccc(C(=O)OCC3CCCO3)cc2)c1. The van der Waals surface area contributed by atoms with Crippen molar-refractivity contribution in [3.63, 3.8) is 0 Å². The van der Waals surface area contributed by atoms with Crippen LogP contribution in [0.1, 0.15) is 53.3 Å². The highest BCUT2D eigenvalue weighted by Crippen LogP contribution is 2.19. The van der Waals surface area contributed by atoms with Gasteiger partial charge in [0.05, 0.1) is 23.8 Å². The van der Waals surface area contributed by atoms with E-state index >= 15 is 0 Å². The molecule has 6 heteroatoms. The number of carbonyl (C=O) groups is 2. The minimum Gasteiger partial charge on any atom is -0.494 e. The lowest BCUT2D eigenvalue weighted by atomic mass is 10.2. The Hall–Kier alpha value is -2.86. The molecule has 0 radical (unpaired) electrons. The topological polar surface area (TPSA) is 71.1 Å². The van der Waals surface area contributed by atoms with E-state index in [1.54, 1.807) is 42.5 Å². The molecule has 0 saturated carbocycles. The van der Waals surface area contributed by atoms with Crippen molar-refractivity contribution in [2.45, 2.75) is 38.7 Å². The first-order chi connectivity index (χ1) is 14.2. The number of benzene rings is 2. The van der Waals surface area contributed by atoms with Gasteiger partial charge in [0.15, 0.2) is 0 Å². The average Bonchev–Trinajstić information content (AvgIpc) is 3.27. The maximum absolute atomic E-state index is 12.4. The molecule has 0 aromatic heterocycles. The summed E-state index contributed by atoms with van der Waals surface area (Å²) < 4.78 is 21.7. The Labute approximate surface area is 170 Å². The van der Waals surface area contributed by atoms with Crippen LogP contribution in [0, 0.1) is 0 Å². The molecule has 0 aliphatic carbocycles. The molecule has 0 amide bonds. The van der Waals surface area contributed by atoms with E-state index in [2.05, 4.69) is 6.92 Å². The van der Waals surface area contributed by atoms with Crippen molar-refractivity contribution in [3.05, 3.63) is 59.7 Å². The summed E-state index contributed by atoms with van der Waals surface area (Å²) in [7, 11) is 0. The van der Waals surface area contributed by atoms with Gasteiger partial charge in [-0.05, 0) is 61.7 Å². The highest BCUT2D eigenvalue weighted by Gasteiger charge is 2.18. The second-order valence-electron chi connectivity index (χ2n) is 6.88. The van der Waals surface area contributed by atoms with Crippen LogP contribution in [0.15, 0.2) is 48.5 Å². The van der Waals surface area contributed by atoms with Gasteiger partial charge in [0.1, 0.15) is 18.1 Å². The molecule has 2 aromatic rings. The molecule has 1 fully saturated rings. The summed E-state index contributed by atoms with van der Waals surface area (Å²) in [6.45, 7) is 3.67. The van der Waals surface area contributed by atoms with Crippen LogP contribution in [-0.4, -0.2) is 37.9 Å². The number of carbonyl (C=O) groups excluding carboxylic acids is 2. The van der Waals surface area contributed by atoms with Gasteiger partial charge >= 0.3 is 11.9 Å². The van der Waals surface area contributed by atoms with Crippen LogP contribution in [0.25, 0.3) is 0 Å². The minimum absolute atomic E-state index is 0.0131. The van der Waals surface area contributed by atoms with Gasteiger partial charge < -0.3 is 18.9 Å². The lowest BCUT2D eigenvalue weighted by Gasteiger charge is -2.10. The predicted octanol–water partition coefficient (Wildman–Crippen LogP) is 4.42. The first-order valence-electron chi connectivity index (χ1n) is 9.99. The first-order valence-corrected chi connectivity index (χ1v) is 9.99. The quantitative estimate of drug-likeness (QED) is 0.354. The number of rotatable bonds is 9. The third-order valence-electron chi connectivity index (χ3n) is 4.56. The molecule has 1 unspecified atom stereocenters. The summed E-state index contributed by atoms with van der Waals surface area (Å²) >= 11 is 0. The fourth-order valence-electron chi connectivity index (χ4n) is 2.90. The van der Waals surface area contributed by atoms with Crippen LogP contribution < -0.4 is 9.47 Å². The molecule has 1 atom stereocenters. The number of ether oxygens (including phenoxy) is 4. The molecule has 3 rings (SSSR count). The summed E-state index contributed by atoms with van der Waals surface area (Å²) in [5, 5.41) is 0. The van der Waals surface area contributed by atoms with Crippen molar-refractivity contribution in [3.8, 4) is 11.5 Å². The second kappa shape index (κ2) is 10.6. The maximum Gasteiger partial charge on any atom is 0.343 e. The third kappa shape index (κ3) is 6.32. The Morgan fingerprint density at radius 2 is 1.86 bits per heavy atom. The van der Waals surface area contributed by atoms with Gasteiger partial charge in [0, 0.05) is 6.61 Å². The van der Waals surface area contributed by atoms with Crippen LogP contribution >= 0.6 is 0 Å². The van der Waals surface area contributed by atoms with Crippen LogP contribution in [0.3, 0.4) is 0 Å². The number of hydrogen-bond donors (Lipinski definition) is 0.